The predicted octanol–water partition coefficient (Wildman–Crippen LogP) is 4.73. The highest BCUT2D eigenvalue weighted by atomic mass is 79.9. The van der Waals surface area contributed by atoms with Gasteiger partial charge in [-0.15, -0.1) is 0 Å². The quantitative estimate of drug-likeness (QED) is 0.805. The second-order valence-corrected chi connectivity index (χ2v) is 5.98. The van der Waals surface area contributed by atoms with Crippen molar-refractivity contribution in [2.24, 2.45) is 5.73 Å². The normalized spacial score (nSPS) is 12.5. The molecule has 100 valence electrons. The Balaban J connectivity index is 2.23. The van der Waals surface area contributed by atoms with Crippen molar-refractivity contribution in [1.82, 2.24) is 0 Å². The smallest absolute Gasteiger partial charge is 0.129 e. The first-order valence-electron chi connectivity index (χ1n) is 5.62. The van der Waals surface area contributed by atoms with Crippen molar-refractivity contribution >= 4 is 31.9 Å². The minimum Gasteiger partial charge on any atom is -0.324 e. The molecule has 1 unspecified atom stereocenters. The van der Waals surface area contributed by atoms with Crippen LogP contribution >= 0.6 is 31.9 Å². The highest BCUT2D eigenvalue weighted by Crippen LogP contribution is 2.28. The molecule has 0 radical (unpaired) electrons. The van der Waals surface area contributed by atoms with E-state index >= 15 is 0 Å². The lowest BCUT2D eigenvalue weighted by Gasteiger charge is -2.15. The Labute approximate surface area is 127 Å². The number of hydrogen-bond acceptors (Lipinski definition) is 1. The van der Waals surface area contributed by atoms with Crippen molar-refractivity contribution < 1.29 is 8.78 Å². The van der Waals surface area contributed by atoms with Gasteiger partial charge in [-0.25, -0.2) is 8.78 Å². The van der Waals surface area contributed by atoms with Gasteiger partial charge in [0.25, 0.3) is 0 Å². The van der Waals surface area contributed by atoms with E-state index in [4.69, 9.17) is 5.73 Å². The molecule has 1 atom stereocenters. The van der Waals surface area contributed by atoms with Gasteiger partial charge in [-0.05, 0) is 35.7 Å². The lowest BCUT2D eigenvalue weighted by Crippen LogP contribution is -2.14. The Morgan fingerprint density at radius 2 is 1.79 bits per heavy atom. The number of nitrogens with two attached hydrogens (primary N) is 1. The van der Waals surface area contributed by atoms with Crippen LogP contribution in [0.1, 0.15) is 17.2 Å². The van der Waals surface area contributed by atoms with Crippen LogP contribution in [0.25, 0.3) is 0 Å². The summed E-state index contributed by atoms with van der Waals surface area (Å²) < 4.78 is 28.2. The summed E-state index contributed by atoms with van der Waals surface area (Å²) in [5.74, 6) is -1.15. The summed E-state index contributed by atoms with van der Waals surface area (Å²) in [4.78, 5) is 0. The number of rotatable bonds is 3. The first-order valence-corrected chi connectivity index (χ1v) is 7.20. The first kappa shape index (κ1) is 14.6. The van der Waals surface area contributed by atoms with E-state index < -0.39 is 11.6 Å². The van der Waals surface area contributed by atoms with Crippen LogP contribution < -0.4 is 5.73 Å². The van der Waals surface area contributed by atoms with Gasteiger partial charge in [0.1, 0.15) is 11.6 Å². The van der Waals surface area contributed by atoms with Crippen LogP contribution in [0.15, 0.2) is 45.3 Å². The van der Waals surface area contributed by atoms with E-state index in [2.05, 4.69) is 31.9 Å². The molecule has 0 aromatic heterocycles. The standard InChI is InChI=1S/C14H11Br2F2N/c15-9-2-4-11(12(16)6-9)14(19)5-8-1-3-10(17)7-13(8)18/h1-4,6-7,14H,5,19H2. The molecular weight excluding hydrogens is 380 g/mol. The Hall–Kier alpha value is -0.780. The van der Waals surface area contributed by atoms with E-state index in [9.17, 15) is 8.78 Å². The average molecular weight is 391 g/mol. The van der Waals surface area contributed by atoms with Crippen LogP contribution in [0.2, 0.25) is 0 Å². The van der Waals surface area contributed by atoms with Crippen molar-refractivity contribution in [3.63, 3.8) is 0 Å². The van der Waals surface area contributed by atoms with E-state index in [1.807, 2.05) is 18.2 Å². The lowest BCUT2D eigenvalue weighted by atomic mass is 9.99. The molecule has 2 aromatic carbocycles. The maximum absolute atomic E-state index is 13.6. The van der Waals surface area contributed by atoms with Crippen molar-refractivity contribution in [2.75, 3.05) is 0 Å². The summed E-state index contributed by atoms with van der Waals surface area (Å²) in [5, 5.41) is 0. The number of halogens is 4. The third-order valence-corrected chi connectivity index (χ3v) is 4.00. The van der Waals surface area contributed by atoms with E-state index in [-0.39, 0.29) is 6.04 Å². The minimum atomic E-state index is -0.584. The van der Waals surface area contributed by atoms with Crippen molar-refractivity contribution in [3.05, 3.63) is 68.1 Å². The maximum Gasteiger partial charge on any atom is 0.129 e. The lowest BCUT2D eigenvalue weighted by molar-refractivity contribution is 0.563. The van der Waals surface area contributed by atoms with Crippen LogP contribution in [0.4, 0.5) is 8.78 Å². The van der Waals surface area contributed by atoms with E-state index in [0.29, 0.717) is 12.0 Å². The van der Waals surface area contributed by atoms with Crippen LogP contribution in [0.3, 0.4) is 0 Å². The molecule has 0 aliphatic carbocycles. The minimum absolute atomic E-state index is 0.312. The van der Waals surface area contributed by atoms with Crippen LogP contribution in [0.5, 0.6) is 0 Å². The molecule has 2 N–H and O–H groups in total. The first-order chi connectivity index (χ1) is 8.97. The fourth-order valence-electron chi connectivity index (χ4n) is 1.84. The molecular formula is C14H11Br2F2N. The molecule has 5 heteroatoms. The molecule has 0 spiro atoms. The van der Waals surface area contributed by atoms with Crippen LogP contribution in [-0.4, -0.2) is 0 Å². The number of hydrogen-bond donors (Lipinski definition) is 1. The Bertz CT molecular complexity index is 602. The van der Waals surface area contributed by atoms with Gasteiger partial charge in [0.05, 0.1) is 0 Å². The third-order valence-electron chi connectivity index (χ3n) is 2.82. The Morgan fingerprint density at radius 3 is 2.42 bits per heavy atom. The zero-order valence-electron chi connectivity index (χ0n) is 9.84. The zero-order valence-corrected chi connectivity index (χ0v) is 13.0. The predicted molar refractivity (Wildman–Crippen MR) is 78.8 cm³/mol. The summed E-state index contributed by atoms with van der Waals surface area (Å²) in [6.07, 6.45) is 0.312. The van der Waals surface area contributed by atoms with Gasteiger partial charge in [-0.1, -0.05) is 44.0 Å². The second kappa shape index (κ2) is 6.11. The molecule has 2 aromatic rings. The monoisotopic (exact) mass is 389 g/mol. The van der Waals surface area contributed by atoms with Gasteiger partial charge in [-0.2, -0.15) is 0 Å². The summed E-state index contributed by atoms with van der Waals surface area (Å²) in [7, 11) is 0. The fourth-order valence-corrected chi connectivity index (χ4v) is 3.18. The second-order valence-electron chi connectivity index (χ2n) is 4.21. The molecule has 0 saturated heterocycles. The third kappa shape index (κ3) is 3.61. The molecule has 19 heavy (non-hydrogen) atoms. The molecule has 0 aliphatic rings. The van der Waals surface area contributed by atoms with Crippen LogP contribution in [-0.2, 0) is 6.42 Å². The van der Waals surface area contributed by atoms with Crippen LogP contribution in [0, 0.1) is 11.6 Å². The van der Waals surface area contributed by atoms with E-state index in [0.717, 1.165) is 20.6 Å². The molecule has 0 saturated carbocycles. The summed E-state index contributed by atoms with van der Waals surface area (Å²) in [6, 6.07) is 8.82. The highest BCUT2D eigenvalue weighted by molar-refractivity contribution is 9.11. The van der Waals surface area contributed by atoms with Gasteiger partial charge in [-0.3, -0.25) is 0 Å². The zero-order chi connectivity index (χ0) is 14.0. The topological polar surface area (TPSA) is 26.0 Å². The molecule has 0 aliphatic heterocycles. The van der Waals surface area contributed by atoms with Gasteiger partial charge < -0.3 is 5.73 Å². The fraction of sp³-hybridized carbons (Fsp3) is 0.143. The summed E-state index contributed by atoms with van der Waals surface area (Å²) in [6.45, 7) is 0. The largest absolute Gasteiger partial charge is 0.324 e. The van der Waals surface area contributed by atoms with Crippen molar-refractivity contribution in [2.45, 2.75) is 12.5 Å². The van der Waals surface area contributed by atoms with Crippen molar-refractivity contribution in [3.8, 4) is 0 Å². The Kier molecular flexibility index (Phi) is 4.71. The van der Waals surface area contributed by atoms with Gasteiger partial charge in [0.2, 0.25) is 0 Å². The van der Waals surface area contributed by atoms with Crippen molar-refractivity contribution in [1.29, 1.82) is 0 Å². The van der Waals surface area contributed by atoms with E-state index in [1.54, 1.807) is 0 Å². The summed E-state index contributed by atoms with van der Waals surface area (Å²) >= 11 is 6.79. The van der Waals surface area contributed by atoms with Gasteiger partial charge in [0.15, 0.2) is 0 Å². The molecule has 2 rings (SSSR count). The number of benzene rings is 2. The molecule has 0 amide bonds. The van der Waals surface area contributed by atoms with Gasteiger partial charge in [0, 0.05) is 21.1 Å². The highest BCUT2D eigenvalue weighted by Gasteiger charge is 2.13. The molecule has 0 fully saturated rings. The Morgan fingerprint density at radius 1 is 1.05 bits per heavy atom. The summed E-state index contributed by atoms with van der Waals surface area (Å²) in [5.41, 5.74) is 7.37. The SMILES string of the molecule is NC(Cc1ccc(F)cc1F)c1ccc(Br)cc1Br. The van der Waals surface area contributed by atoms with E-state index in [1.165, 1.54) is 12.1 Å². The maximum atomic E-state index is 13.6. The molecule has 0 bridgehead atoms. The molecule has 0 heterocycles. The molecule has 1 nitrogen and oxygen atoms in total. The average Bonchev–Trinajstić information content (AvgIpc) is 2.32. The van der Waals surface area contributed by atoms with Gasteiger partial charge >= 0.3 is 0 Å².